The Morgan fingerprint density at radius 1 is 1.33 bits per heavy atom. The molecule has 0 radical (unpaired) electrons. The van der Waals surface area contributed by atoms with E-state index in [0.717, 1.165) is 17.2 Å². The van der Waals surface area contributed by atoms with Crippen molar-refractivity contribution in [3.63, 3.8) is 0 Å². The van der Waals surface area contributed by atoms with Gasteiger partial charge in [-0.1, -0.05) is 6.07 Å². The third-order valence-electron chi connectivity index (χ3n) is 2.98. The first kappa shape index (κ1) is 19.4. The van der Waals surface area contributed by atoms with Crippen molar-refractivity contribution >= 4 is 30.7 Å². The summed E-state index contributed by atoms with van der Waals surface area (Å²) in [7, 11) is 0. The summed E-state index contributed by atoms with van der Waals surface area (Å²) in [5.74, 6) is 0.719. The van der Waals surface area contributed by atoms with Gasteiger partial charge >= 0.3 is 0 Å². The number of hydrogen-bond donors (Lipinski definition) is 2. The Balaban J connectivity index is 0.00000200. The Morgan fingerprint density at radius 2 is 2.05 bits per heavy atom. The maximum Gasteiger partial charge on any atom is 0.253 e. The summed E-state index contributed by atoms with van der Waals surface area (Å²) < 4.78 is 1.97. The van der Waals surface area contributed by atoms with Crippen LogP contribution in [0.2, 0.25) is 0 Å². The van der Waals surface area contributed by atoms with E-state index in [4.69, 9.17) is 5.73 Å². The van der Waals surface area contributed by atoms with E-state index in [1.165, 1.54) is 0 Å². The number of carbonyl (C=O) groups is 1. The van der Waals surface area contributed by atoms with Gasteiger partial charge in [0.25, 0.3) is 5.91 Å². The van der Waals surface area contributed by atoms with Gasteiger partial charge in [0, 0.05) is 30.7 Å². The van der Waals surface area contributed by atoms with Gasteiger partial charge in [-0.25, -0.2) is 4.98 Å². The number of amides is 1. The van der Waals surface area contributed by atoms with E-state index >= 15 is 0 Å². The smallest absolute Gasteiger partial charge is 0.253 e. The fourth-order valence-electron chi connectivity index (χ4n) is 2.11. The van der Waals surface area contributed by atoms with Crippen molar-refractivity contribution in [3.8, 4) is 5.82 Å². The topological polar surface area (TPSA) is 72.9 Å². The van der Waals surface area contributed by atoms with Crippen LogP contribution >= 0.6 is 24.8 Å². The van der Waals surface area contributed by atoms with Crippen molar-refractivity contribution in [2.45, 2.75) is 13.8 Å². The molecular formula is C14H20Cl2N4O. The van der Waals surface area contributed by atoms with Crippen molar-refractivity contribution in [3.05, 3.63) is 47.4 Å². The van der Waals surface area contributed by atoms with Crippen LogP contribution < -0.4 is 11.1 Å². The molecule has 0 atom stereocenters. The zero-order valence-electron chi connectivity index (χ0n) is 12.0. The molecule has 3 N–H and O–H groups in total. The molecule has 0 saturated heterocycles. The highest BCUT2D eigenvalue weighted by atomic mass is 35.5. The fourth-order valence-corrected chi connectivity index (χ4v) is 2.11. The van der Waals surface area contributed by atoms with Crippen molar-refractivity contribution in [2.75, 3.05) is 13.1 Å². The van der Waals surface area contributed by atoms with Crippen LogP contribution in [0, 0.1) is 13.8 Å². The predicted molar refractivity (Wildman–Crippen MR) is 88.9 cm³/mol. The first-order valence-electron chi connectivity index (χ1n) is 6.23. The number of pyridine rings is 1. The maximum absolute atomic E-state index is 12.0. The van der Waals surface area contributed by atoms with Gasteiger partial charge in [-0.15, -0.1) is 24.8 Å². The van der Waals surface area contributed by atoms with E-state index in [9.17, 15) is 4.79 Å². The highest BCUT2D eigenvalue weighted by Gasteiger charge is 2.16. The van der Waals surface area contributed by atoms with Crippen LogP contribution in [0.25, 0.3) is 5.82 Å². The van der Waals surface area contributed by atoms with Crippen molar-refractivity contribution in [2.24, 2.45) is 5.73 Å². The summed E-state index contributed by atoms with van der Waals surface area (Å²) in [5, 5.41) is 2.78. The molecule has 0 aliphatic rings. The zero-order chi connectivity index (χ0) is 13.8. The van der Waals surface area contributed by atoms with Crippen LogP contribution in [-0.4, -0.2) is 28.5 Å². The van der Waals surface area contributed by atoms with E-state index < -0.39 is 0 Å². The van der Waals surface area contributed by atoms with E-state index in [1.807, 2.05) is 42.7 Å². The fraction of sp³-hybridized carbons (Fsp3) is 0.286. The predicted octanol–water partition coefficient (Wildman–Crippen LogP) is 2.02. The summed E-state index contributed by atoms with van der Waals surface area (Å²) in [6.07, 6.45) is 1.74. The Labute approximate surface area is 136 Å². The Morgan fingerprint density at radius 3 is 2.62 bits per heavy atom. The number of nitrogens with zero attached hydrogens (tertiary/aromatic N) is 2. The molecule has 0 aliphatic heterocycles. The zero-order valence-corrected chi connectivity index (χ0v) is 13.6. The third-order valence-corrected chi connectivity index (χ3v) is 2.98. The molecule has 2 aromatic heterocycles. The Hall–Kier alpha value is -1.56. The van der Waals surface area contributed by atoms with Crippen molar-refractivity contribution < 1.29 is 4.79 Å². The molecule has 0 aromatic carbocycles. The molecule has 116 valence electrons. The van der Waals surface area contributed by atoms with Gasteiger partial charge in [0.05, 0.1) is 5.56 Å². The number of nitrogens with two attached hydrogens (primary N) is 1. The number of nitrogens with one attached hydrogen (secondary N) is 1. The Bertz CT molecular complexity index is 584. The molecular weight excluding hydrogens is 311 g/mol. The number of aromatic nitrogens is 2. The van der Waals surface area contributed by atoms with Gasteiger partial charge in [0.2, 0.25) is 0 Å². The lowest BCUT2D eigenvalue weighted by Crippen LogP contribution is -2.29. The average Bonchev–Trinajstić information content (AvgIpc) is 2.72. The lowest BCUT2D eigenvalue weighted by Gasteiger charge is -2.08. The summed E-state index contributed by atoms with van der Waals surface area (Å²) in [4.78, 5) is 16.3. The lowest BCUT2D eigenvalue weighted by molar-refractivity contribution is 0.0954. The van der Waals surface area contributed by atoms with Gasteiger partial charge in [0.15, 0.2) is 0 Å². The molecule has 2 rings (SSSR count). The second-order valence-electron chi connectivity index (χ2n) is 4.35. The number of rotatable bonds is 4. The SMILES string of the molecule is Cc1cc(C(=O)NCCN)c(C)n1-c1ccccn1.Cl.Cl. The standard InChI is InChI=1S/C14H18N4O.2ClH/c1-10-9-12(14(19)17-8-6-15)11(2)18(10)13-5-3-4-7-16-13;;/h3-5,7,9H,6,8,15H2,1-2H3,(H,17,19);2*1H. The third kappa shape index (κ3) is 4.20. The second-order valence-corrected chi connectivity index (χ2v) is 4.35. The molecule has 0 bridgehead atoms. The average molecular weight is 331 g/mol. The maximum atomic E-state index is 12.0. The quantitative estimate of drug-likeness (QED) is 0.900. The summed E-state index contributed by atoms with van der Waals surface area (Å²) in [6.45, 7) is 4.79. The molecule has 2 aromatic rings. The molecule has 0 fully saturated rings. The van der Waals surface area contributed by atoms with Crippen LogP contribution in [0.3, 0.4) is 0 Å². The first-order chi connectivity index (χ1) is 9.15. The van der Waals surface area contributed by atoms with Gasteiger partial charge < -0.3 is 15.6 Å². The van der Waals surface area contributed by atoms with E-state index in [2.05, 4.69) is 10.3 Å². The molecule has 0 saturated carbocycles. The minimum absolute atomic E-state index is 0. The highest BCUT2D eigenvalue weighted by molar-refractivity contribution is 5.95. The summed E-state index contributed by atoms with van der Waals surface area (Å²) in [6, 6.07) is 7.58. The van der Waals surface area contributed by atoms with Crippen LogP contribution in [0.5, 0.6) is 0 Å². The lowest BCUT2D eigenvalue weighted by atomic mass is 10.2. The van der Waals surface area contributed by atoms with Gasteiger partial charge in [-0.2, -0.15) is 0 Å². The van der Waals surface area contributed by atoms with Crippen LogP contribution in [0.4, 0.5) is 0 Å². The molecule has 5 nitrogen and oxygen atoms in total. The molecule has 7 heteroatoms. The summed E-state index contributed by atoms with van der Waals surface area (Å²) in [5.41, 5.74) is 7.91. The Kier molecular flexibility index (Phi) is 8.02. The molecule has 0 aliphatic carbocycles. The van der Waals surface area contributed by atoms with E-state index in [0.29, 0.717) is 18.7 Å². The largest absolute Gasteiger partial charge is 0.351 e. The first-order valence-corrected chi connectivity index (χ1v) is 6.23. The van der Waals surface area contributed by atoms with Gasteiger partial charge in [-0.3, -0.25) is 4.79 Å². The minimum atomic E-state index is -0.0965. The number of hydrogen-bond acceptors (Lipinski definition) is 3. The van der Waals surface area contributed by atoms with Crippen LogP contribution in [0.15, 0.2) is 30.5 Å². The monoisotopic (exact) mass is 330 g/mol. The van der Waals surface area contributed by atoms with Crippen LogP contribution in [0.1, 0.15) is 21.7 Å². The van der Waals surface area contributed by atoms with E-state index in [-0.39, 0.29) is 30.7 Å². The van der Waals surface area contributed by atoms with Crippen molar-refractivity contribution in [1.82, 2.24) is 14.9 Å². The van der Waals surface area contributed by atoms with E-state index in [1.54, 1.807) is 6.20 Å². The number of aryl methyl sites for hydroxylation is 1. The number of halogens is 2. The normalized spacial score (nSPS) is 9.48. The molecule has 0 spiro atoms. The van der Waals surface area contributed by atoms with Crippen LogP contribution in [-0.2, 0) is 0 Å². The molecule has 1 amide bonds. The van der Waals surface area contributed by atoms with Gasteiger partial charge in [0.1, 0.15) is 5.82 Å². The molecule has 0 unspecified atom stereocenters. The molecule has 2 heterocycles. The summed E-state index contributed by atoms with van der Waals surface area (Å²) >= 11 is 0. The second kappa shape index (κ2) is 8.67. The van der Waals surface area contributed by atoms with Crippen molar-refractivity contribution in [1.29, 1.82) is 0 Å². The minimum Gasteiger partial charge on any atom is -0.351 e. The van der Waals surface area contributed by atoms with Gasteiger partial charge in [-0.05, 0) is 32.0 Å². The highest BCUT2D eigenvalue weighted by Crippen LogP contribution is 2.19. The number of carbonyl (C=O) groups excluding carboxylic acids is 1. The molecule has 21 heavy (non-hydrogen) atoms.